The standard InChI is InChI=1S/C33H39N3O3/c1-38-27-17-18-28(31(21-27)39-2)33-34-29-19-23-11-9-10-12-24(23)20-30(29)35(33)22-32(37)36(25-13-5-3-6-14-25)26-15-7-4-8-16-26/h9-12,17-21,25-26H,3-8,13-16,22H2,1-2H3. The van der Waals surface area contributed by atoms with Gasteiger partial charge in [0.2, 0.25) is 5.91 Å². The zero-order chi connectivity index (χ0) is 26.8. The third-order valence-electron chi connectivity index (χ3n) is 8.78. The molecule has 0 unspecified atom stereocenters. The van der Waals surface area contributed by atoms with Gasteiger partial charge in [-0.3, -0.25) is 4.79 Å². The summed E-state index contributed by atoms with van der Waals surface area (Å²) in [6.45, 7) is 0.270. The molecule has 0 radical (unpaired) electrons. The minimum atomic E-state index is 0.218. The number of hydrogen-bond donors (Lipinski definition) is 0. The Kier molecular flexibility index (Phi) is 7.45. The van der Waals surface area contributed by atoms with Crippen molar-refractivity contribution in [3.8, 4) is 22.9 Å². The van der Waals surface area contributed by atoms with Gasteiger partial charge in [0, 0.05) is 18.2 Å². The number of carbonyl (C=O) groups excluding carboxylic acids is 1. The molecular formula is C33H39N3O3. The van der Waals surface area contributed by atoms with E-state index >= 15 is 0 Å². The summed E-state index contributed by atoms with van der Waals surface area (Å²) in [5.41, 5.74) is 2.71. The normalized spacial score (nSPS) is 17.0. The number of carbonyl (C=O) groups is 1. The molecule has 0 bridgehead atoms. The largest absolute Gasteiger partial charge is 0.497 e. The molecule has 0 N–H and O–H groups in total. The molecule has 2 aliphatic rings. The van der Waals surface area contributed by atoms with Gasteiger partial charge < -0.3 is 18.9 Å². The van der Waals surface area contributed by atoms with Gasteiger partial charge in [-0.25, -0.2) is 4.98 Å². The number of methoxy groups -OCH3 is 2. The first-order valence-corrected chi connectivity index (χ1v) is 14.6. The number of rotatable bonds is 7. The first-order valence-electron chi connectivity index (χ1n) is 14.6. The first kappa shape index (κ1) is 25.7. The Balaban J connectivity index is 1.47. The Bertz CT molecular complexity index is 1450. The summed E-state index contributed by atoms with van der Waals surface area (Å²) in [4.78, 5) is 21.8. The summed E-state index contributed by atoms with van der Waals surface area (Å²) in [7, 11) is 3.32. The van der Waals surface area contributed by atoms with Crippen molar-refractivity contribution in [2.24, 2.45) is 0 Å². The van der Waals surface area contributed by atoms with Crippen molar-refractivity contribution in [2.45, 2.75) is 82.8 Å². The predicted molar refractivity (Wildman–Crippen MR) is 156 cm³/mol. The number of ether oxygens (including phenoxy) is 2. The number of aromatic nitrogens is 2. The fourth-order valence-corrected chi connectivity index (χ4v) is 6.80. The molecule has 2 saturated carbocycles. The third-order valence-corrected chi connectivity index (χ3v) is 8.78. The van der Waals surface area contributed by atoms with Crippen LogP contribution in [0.2, 0.25) is 0 Å². The van der Waals surface area contributed by atoms with Gasteiger partial charge in [-0.1, -0.05) is 62.8 Å². The summed E-state index contributed by atoms with van der Waals surface area (Å²) >= 11 is 0. The number of hydrogen-bond acceptors (Lipinski definition) is 4. The lowest BCUT2D eigenvalue weighted by Gasteiger charge is -2.42. The molecule has 3 aromatic carbocycles. The maximum Gasteiger partial charge on any atom is 0.243 e. The summed E-state index contributed by atoms with van der Waals surface area (Å²) in [6.07, 6.45) is 11.9. The Hall–Kier alpha value is -3.54. The topological polar surface area (TPSA) is 56.6 Å². The Labute approximate surface area is 230 Å². The van der Waals surface area contributed by atoms with Crippen LogP contribution in [-0.4, -0.2) is 46.7 Å². The van der Waals surface area contributed by atoms with E-state index < -0.39 is 0 Å². The zero-order valence-electron chi connectivity index (χ0n) is 23.2. The molecule has 1 amide bonds. The first-order chi connectivity index (χ1) is 19.2. The van der Waals surface area contributed by atoms with Crippen molar-refractivity contribution in [3.63, 3.8) is 0 Å². The van der Waals surface area contributed by atoms with E-state index in [-0.39, 0.29) is 12.5 Å². The average molecular weight is 526 g/mol. The van der Waals surface area contributed by atoms with Crippen LogP contribution in [0.25, 0.3) is 33.2 Å². The molecule has 1 aromatic heterocycles. The van der Waals surface area contributed by atoms with E-state index in [1.165, 1.54) is 38.5 Å². The number of amides is 1. The molecular weight excluding hydrogens is 486 g/mol. The second-order valence-electron chi connectivity index (χ2n) is 11.2. The highest BCUT2D eigenvalue weighted by Crippen LogP contribution is 2.37. The molecule has 0 spiro atoms. The number of fused-ring (bicyclic) bond motifs is 2. The lowest BCUT2D eigenvalue weighted by atomic mass is 9.88. The highest BCUT2D eigenvalue weighted by atomic mass is 16.5. The van der Waals surface area contributed by atoms with Crippen molar-refractivity contribution >= 4 is 27.7 Å². The lowest BCUT2D eigenvalue weighted by Crippen LogP contribution is -2.50. The van der Waals surface area contributed by atoms with E-state index in [0.29, 0.717) is 17.8 Å². The van der Waals surface area contributed by atoms with Crippen LogP contribution >= 0.6 is 0 Å². The van der Waals surface area contributed by atoms with E-state index in [0.717, 1.165) is 64.6 Å². The highest BCUT2D eigenvalue weighted by Gasteiger charge is 2.33. The quantitative estimate of drug-likeness (QED) is 0.253. The van der Waals surface area contributed by atoms with Crippen LogP contribution in [0.4, 0.5) is 0 Å². The third kappa shape index (κ3) is 5.09. The van der Waals surface area contributed by atoms with Crippen LogP contribution in [0.1, 0.15) is 64.2 Å². The molecule has 1 heterocycles. The lowest BCUT2D eigenvalue weighted by molar-refractivity contribution is -0.138. The van der Waals surface area contributed by atoms with Gasteiger partial charge in [0.05, 0.1) is 30.8 Å². The number of imidazole rings is 1. The Morgan fingerprint density at radius 1 is 0.846 bits per heavy atom. The molecule has 0 atom stereocenters. The molecule has 6 rings (SSSR count). The van der Waals surface area contributed by atoms with Crippen molar-refractivity contribution in [1.29, 1.82) is 0 Å². The maximum atomic E-state index is 14.4. The minimum absolute atomic E-state index is 0.218. The fraction of sp³-hybridized carbons (Fsp3) is 0.455. The Morgan fingerprint density at radius 3 is 2.10 bits per heavy atom. The van der Waals surface area contributed by atoms with Gasteiger partial charge in [-0.2, -0.15) is 0 Å². The van der Waals surface area contributed by atoms with E-state index in [9.17, 15) is 4.79 Å². The molecule has 2 fully saturated rings. The fourth-order valence-electron chi connectivity index (χ4n) is 6.80. The van der Waals surface area contributed by atoms with Gasteiger partial charge in [-0.05, 0) is 60.7 Å². The van der Waals surface area contributed by atoms with Gasteiger partial charge in [0.15, 0.2) is 0 Å². The smallest absolute Gasteiger partial charge is 0.243 e. The minimum Gasteiger partial charge on any atom is -0.497 e. The van der Waals surface area contributed by atoms with Crippen molar-refractivity contribution in [2.75, 3.05) is 14.2 Å². The number of nitrogens with zero attached hydrogens (tertiary/aromatic N) is 3. The van der Waals surface area contributed by atoms with E-state index in [1.54, 1.807) is 14.2 Å². The molecule has 6 heteroatoms. The second kappa shape index (κ2) is 11.3. The summed E-state index contributed by atoms with van der Waals surface area (Å²) in [5, 5.41) is 2.28. The predicted octanol–water partition coefficient (Wildman–Crippen LogP) is 7.37. The maximum absolute atomic E-state index is 14.4. The summed E-state index contributed by atoms with van der Waals surface area (Å²) < 4.78 is 13.4. The van der Waals surface area contributed by atoms with Crippen LogP contribution in [0.3, 0.4) is 0 Å². The van der Waals surface area contributed by atoms with Crippen molar-refractivity contribution < 1.29 is 14.3 Å². The van der Waals surface area contributed by atoms with Crippen LogP contribution in [-0.2, 0) is 11.3 Å². The van der Waals surface area contributed by atoms with Crippen LogP contribution in [0.5, 0.6) is 11.5 Å². The molecule has 4 aromatic rings. The summed E-state index contributed by atoms with van der Waals surface area (Å²) in [6, 6.07) is 19.1. The molecule has 0 saturated heterocycles. The SMILES string of the molecule is COc1ccc(-c2nc3cc4ccccc4cc3n2CC(=O)N(C2CCCCC2)C2CCCCC2)c(OC)c1. The van der Waals surface area contributed by atoms with Crippen LogP contribution in [0.15, 0.2) is 54.6 Å². The molecule has 2 aliphatic carbocycles. The van der Waals surface area contributed by atoms with Crippen LogP contribution in [0, 0.1) is 0 Å². The monoisotopic (exact) mass is 525 g/mol. The van der Waals surface area contributed by atoms with Gasteiger partial charge >= 0.3 is 0 Å². The molecule has 6 nitrogen and oxygen atoms in total. The zero-order valence-corrected chi connectivity index (χ0v) is 23.2. The van der Waals surface area contributed by atoms with Gasteiger partial charge in [0.1, 0.15) is 23.9 Å². The van der Waals surface area contributed by atoms with E-state index in [1.807, 2.05) is 24.3 Å². The Morgan fingerprint density at radius 2 is 1.49 bits per heavy atom. The van der Waals surface area contributed by atoms with Crippen LogP contribution < -0.4 is 9.47 Å². The van der Waals surface area contributed by atoms with E-state index in [2.05, 4.69) is 39.8 Å². The second-order valence-corrected chi connectivity index (χ2v) is 11.2. The molecule has 39 heavy (non-hydrogen) atoms. The van der Waals surface area contributed by atoms with Gasteiger partial charge in [0.25, 0.3) is 0 Å². The van der Waals surface area contributed by atoms with Crippen molar-refractivity contribution in [1.82, 2.24) is 14.5 Å². The molecule has 0 aliphatic heterocycles. The highest BCUT2D eigenvalue weighted by molar-refractivity contribution is 5.97. The molecule has 204 valence electrons. The van der Waals surface area contributed by atoms with Gasteiger partial charge in [-0.15, -0.1) is 0 Å². The van der Waals surface area contributed by atoms with E-state index in [4.69, 9.17) is 14.5 Å². The van der Waals surface area contributed by atoms with Crippen molar-refractivity contribution in [3.05, 3.63) is 54.6 Å². The number of benzene rings is 3. The average Bonchev–Trinajstić information content (AvgIpc) is 3.33. The summed E-state index contributed by atoms with van der Waals surface area (Å²) in [5.74, 6) is 2.37.